The molecule has 98 valence electrons. The Morgan fingerprint density at radius 1 is 1.67 bits per heavy atom. The van der Waals surface area contributed by atoms with Gasteiger partial charge in [-0.3, -0.25) is 10.1 Å². The molecule has 0 amide bonds. The van der Waals surface area contributed by atoms with Crippen LogP contribution in [0, 0.1) is 17.0 Å². The molecular formula is C10H13N3O5. The molecular weight excluding hydrogens is 242 g/mol. The first kappa shape index (κ1) is 13.8. The fourth-order valence-corrected chi connectivity index (χ4v) is 1.22. The van der Waals surface area contributed by atoms with Crippen LogP contribution >= 0.6 is 0 Å². The van der Waals surface area contributed by atoms with Gasteiger partial charge in [0, 0.05) is 18.3 Å². The van der Waals surface area contributed by atoms with Crippen LogP contribution in [0.4, 0.5) is 11.5 Å². The van der Waals surface area contributed by atoms with E-state index in [4.69, 9.17) is 9.84 Å². The molecule has 0 fully saturated rings. The fourth-order valence-electron chi connectivity index (χ4n) is 1.22. The Hall–Kier alpha value is -2.22. The summed E-state index contributed by atoms with van der Waals surface area (Å²) < 4.78 is 4.79. The van der Waals surface area contributed by atoms with E-state index in [9.17, 15) is 14.9 Å². The van der Waals surface area contributed by atoms with Crippen LogP contribution < -0.4 is 5.32 Å². The standard InChI is InChI=1S/C10H13N3O5/c1-7-5-12-9(4-8(7)13(16)17)11-2-3-18-6-10(14)15/h4-5H,2-3,6H2,1H3,(H,11,12)(H,14,15). The molecule has 0 aromatic carbocycles. The van der Waals surface area contributed by atoms with Crippen molar-refractivity contribution >= 4 is 17.5 Å². The molecule has 0 atom stereocenters. The van der Waals surface area contributed by atoms with Gasteiger partial charge in [-0.2, -0.15) is 0 Å². The quantitative estimate of drug-likeness (QED) is 0.421. The molecule has 1 aromatic rings. The van der Waals surface area contributed by atoms with Crippen molar-refractivity contribution in [1.82, 2.24) is 4.98 Å². The maximum atomic E-state index is 10.7. The Morgan fingerprint density at radius 2 is 2.39 bits per heavy atom. The maximum absolute atomic E-state index is 10.7. The number of aliphatic carboxylic acids is 1. The molecule has 0 saturated carbocycles. The minimum atomic E-state index is -1.04. The molecule has 0 aliphatic carbocycles. The van der Waals surface area contributed by atoms with Crippen LogP contribution in [0.2, 0.25) is 0 Å². The number of nitrogens with one attached hydrogen (secondary N) is 1. The van der Waals surface area contributed by atoms with Crippen molar-refractivity contribution in [3.05, 3.63) is 27.9 Å². The SMILES string of the molecule is Cc1cnc(NCCOCC(=O)O)cc1[N+](=O)[O-]. The van der Waals surface area contributed by atoms with E-state index in [-0.39, 0.29) is 18.9 Å². The first-order chi connectivity index (χ1) is 8.50. The van der Waals surface area contributed by atoms with Crippen LogP contribution in [0.1, 0.15) is 5.56 Å². The molecule has 0 bridgehead atoms. The van der Waals surface area contributed by atoms with E-state index < -0.39 is 10.9 Å². The number of anilines is 1. The molecule has 0 radical (unpaired) electrons. The normalized spacial score (nSPS) is 10.1. The van der Waals surface area contributed by atoms with Gasteiger partial charge in [0.05, 0.1) is 17.6 Å². The summed E-state index contributed by atoms with van der Waals surface area (Å²) in [4.78, 5) is 24.3. The summed E-state index contributed by atoms with van der Waals surface area (Å²) in [6.07, 6.45) is 1.40. The Balaban J connectivity index is 2.45. The highest BCUT2D eigenvalue weighted by Gasteiger charge is 2.11. The highest BCUT2D eigenvalue weighted by Crippen LogP contribution is 2.19. The third-order valence-corrected chi connectivity index (χ3v) is 2.05. The predicted octanol–water partition coefficient (Wildman–Crippen LogP) is 0.811. The molecule has 0 aliphatic rings. The van der Waals surface area contributed by atoms with Gasteiger partial charge in [-0.25, -0.2) is 9.78 Å². The van der Waals surface area contributed by atoms with Crippen LogP contribution in [0.15, 0.2) is 12.3 Å². The summed E-state index contributed by atoms with van der Waals surface area (Å²) in [5, 5.41) is 21.8. The third kappa shape index (κ3) is 4.34. The van der Waals surface area contributed by atoms with Crippen LogP contribution in [0.5, 0.6) is 0 Å². The summed E-state index contributed by atoms with van der Waals surface area (Å²) in [6, 6.07) is 1.33. The summed E-state index contributed by atoms with van der Waals surface area (Å²) >= 11 is 0. The lowest BCUT2D eigenvalue weighted by Gasteiger charge is -2.06. The molecule has 1 rings (SSSR count). The molecule has 1 heterocycles. The lowest BCUT2D eigenvalue weighted by Crippen LogP contribution is -2.14. The number of pyridine rings is 1. The number of carboxylic acids is 1. The molecule has 1 aromatic heterocycles. The Bertz CT molecular complexity index is 449. The number of aromatic nitrogens is 1. The number of nitro groups is 1. The minimum Gasteiger partial charge on any atom is -0.480 e. The fraction of sp³-hybridized carbons (Fsp3) is 0.400. The second-order valence-electron chi connectivity index (χ2n) is 3.49. The molecule has 8 heteroatoms. The molecule has 0 aliphatic heterocycles. The van der Waals surface area contributed by atoms with Crippen molar-refractivity contribution in [3.8, 4) is 0 Å². The smallest absolute Gasteiger partial charge is 0.329 e. The van der Waals surface area contributed by atoms with Gasteiger partial charge in [0.1, 0.15) is 12.4 Å². The van der Waals surface area contributed by atoms with Gasteiger partial charge in [0.15, 0.2) is 0 Å². The van der Waals surface area contributed by atoms with Gasteiger partial charge in [0.2, 0.25) is 0 Å². The van der Waals surface area contributed by atoms with Crippen LogP contribution in [-0.4, -0.2) is 40.7 Å². The number of rotatable bonds is 7. The van der Waals surface area contributed by atoms with Gasteiger partial charge in [0.25, 0.3) is 5.69 Å². The van der Waals surface area contributed by atoms with Crippen molar-refractivity contribution in [2.45, 2.75) is 6.92 Å². The zero-order valence-electron chi connectivity index (χ0n) is 9.75. The minimum absolute atomic E-state index is 0.0149. The number of hydrogen-bond donors (Lipinski definition) is 2. The maximum Gasteiger partial charge on any atom is 0.329 e. The zero-order chi connectivity index (χ0) is 13.5. The van der Waals surface area contributed by atoms with Crippen molar-refractivity contribution in [2.75, 3.05) is 25.1 Å². The van der Waals surface area contributed by atoms with Gasteiger partial charge in [-0.05, 0) is 6.92 Å². The Morgan fingerprint density at radius 3 is 3.00 bits per heavy atom. The lowest BCUT2D eigenvalue weighted by atomic mass is 10.2. The lowest BCUT2D eigenvalue weighted by molar-refractivity contribution is -0.385. The van der Waals surface area contributed by atoms with E-state index in [1.807, 2.05) is 0 Å². The van der Waals surface area contributed by atoms with E-state index in [1.54, 1.807) is 6.92 Å². The molecule has 0 saturated heterocycles. The average molecular weight is 255 g/mol. The average Bonchev–Trinajstić information content (AvgIpc) is 2.30. The van der Waals surface area contributed by atoms with E-state index in [1.165, 1.54) is 12.3 Å². The van der Waals surface area contributed by atoms with Crippen LogP contribution in [0.25, 0.3) is 0 Å². The first-order valence-corrected chi connectivity index (χ1v) is 5.15. The van der Waals surface area contributed by atoms with E-state index >= 15 is 0 Å². The van der Waals surface area contributed by atoms with Gasteiger partial charge in [-0.15, -0.1) is 0 Å². The van der Waals surface area contributed by atoms with Gasteiger partial charge >= 0.3 is 5.97 Å². The van der Waals surface area contributed by atoms with E-state index in [2.05, 4.69) is 10.3 Å². The molecule has 18 heavy (non-hydrogen) atoms. The summed E-state index contributed by atoms with van der Waals surface area (Å²) in [7, 11) is 0. The van der Waals surface area contributed by atoms with Crippen molar-refractivity contribution < 1.29 is 19.6 Å². The largest absolute Gasteiger partial charge is 0.480 e. The number of carboxylic acid groups (broad SMARTS) is 1. The second-order valence-corrected chi connectivity index (χ2v) is 3.49. The van der Waals surface area contributed by atoms with Gasteiger partial charge in [-0.1, -0.05) is 0 Å². The number of aryl methyl sites for hydroxylation is 1. The molecule has 0 unspecified atom stereocenters. The number of nitrogens with zero attached hydrogens (tertiary/aromatic N) is 2. The van der Waals surface area contributed by atoms with Gasteiger partial charge < -0.3 is 15.2 Å². The Labute approximate surface area is 103 Å². The summed E-state index contributed by atoms with van der Waals surface area (Å²) in [6.45, 7) is 1.73. The van der Waals surface area contributed by atoms with Crippen LogP contribution in [-0.2, 0) is 9.53 Å². The van der Waals surface area contributed by atoms with Crippen LogP contribution in [0.3, 0.4) is 0 Å². The number of carbonyl (C=O) groups is 1. The zero-order valence-corrected chi connectivity index (χ0v) is 9.75. The van der Waals surface area contributed by atoms with E-state index in [0.717, 1.165) is 0 Å². The van der Waals surface area contributed by atoms with E-state index in [0.29, 0.717) is 17.9 Å². The van der Waals surface area contributed by atoms with Crippen molar-refractivity contribution in [2.24, 2.45) is 0 Å². The molecule has 0 spiro atoms. The number of ether oxygens (including phenoxy) is 1. The highest BCUT2D eigenvalue weighted by atomic mass is 16.6. The topological polar surface area (TPSA) is 115 Å². The number of hydrogen-bond acceptors (Lipinski definition) is 6. The third-order valence-electron chi connectivity index (χ3n) is 2.05. The summed E-state index contributed by atoms with van der Waals surface area (Å²) in [5.41, 5.74) is 0.464. The monoisotopic (exact) mass is 255 g/mol. The van der Waals surface area contributed by atoms with Crippen molar-refractivity contribution in [3.63, 3.8) is 0 Å². The molecule has 2 N–H and O–H groups in total. The first-order valence-electron chi connectivity index (χ1n) is 5.15. The predicted molar refractivity (Wildman–Crippen MR) is 62.6 cm³/mol. The highest BCUT2D eigenvalue weighted by molar-refractivity contribution is 5.67. The second kappa shape index (κ2) is 6.50. The summed E-state index contributed by atoms with van der Waals surface area (Å²) in [5.74, 6) is -0.690. The Kier molecular flexibility index (Phi) is 5.00. The van der Waals surface area contributed by atoms with Crippen molar-refractivity contribution in [1.29, 1.82) is 0 Å². The molecule has 8 nitrogen and oxygen atoms in total.